The molecule has 0 aromatic carbocycles. The summed E-state index contributed by atoms with van der Waals surface area (Å²) in [7, 11) is 0. The van der Waals surface area contributed by atoms with Gasteiger partial charge in [0.1, 0.15) is 0 Å². The van der Waals surface area contributed by atoms with Crippen LogP contribution in [0.2, 0.25) is 0 Å². The van der Waals surface area contributed by atoms with Crippen LogP contribution in [0, 0.1) is 11.3 Å². The Morgan fingerprint density at radius 1 is 1.47 bits per heavy atom. The van der Waals surface area contributed by atoms with Crippen LogP contribution >= 0.6 is 0 Å². The largest absolute Gasteiger partial charge is 0.392 e. The first kappa shape index (κ1) is 14.4. The van der Waals surface area contributed by atoms with Gasteiger partial charge in [-0.3, -0.25) is 4.79 Å². The predicted octanol–water partition coefficient (Wildman–Crippen LogP) is 0.494. The molecule has 0 saturated heterocycles. The number of nitrogens with one attached hydrogen (secondary N) is 1. The van der Waals surface area contributed by atoms with Crippen LogP contribution in [0.25, 0.3) is 0 Å². The van der Waals surface area contributed by atoms with Crippen LogP contribution in [0.5, 0.6) is 0 Å². The lowest BCUT2D eigenvalue weighted by Crippen LogP contribution is -2.39. The maximum absolute atomic E-state index is 11.7. The number of carbonyl (C=O) groups excluding carboxylic acids is 1. The maximum atomic E-state index is 11.7. The van der Waals surface area contributed by atoms with Gasteiger partial charge in [-0.05, 0) is 18.8 Å². The molecule has 0 aliphatic heterocycles. The van der Waals surface area contributed by atoms with Crippen LogP contribution in [-0.4, -0.2) is 30.2 Å². The number of amides is 1. The van der Waals surface area contributed by atoms with Crippen molar-refractivity contribution >= 4 is 5.91 Å². The third-order valence-electron chi connectivity index (χ3n) is 2.09. The predicted molar refractivity (Wildman–Crippen MR) is 61.3 cm³/mol. The fourth-order valence-electron chi connectivity index (χ4n) is 1.41. The molecular formula is C11H24N2O2. The molecule has 0 radical (unpaired) electrons. The van der Waals surface area contributed by atoms with E-state index in [1.807, 2.05) is 0 Å². The first-order valence-electron chi connectivity index (χ1n) is 5.42. The summed E-state index contributed by atoms with van der Waals surface area (Å²) < 4.78 is 0. The summed E-state index contributed by atoms with van der Waals surface area (Å²) in [6.07, 6.45) is 0.247. The number of aliphatic hydroxyl groups excluding tert-OH is 1. The lowest BCUT2D eigenvalue weighted by Gasteiger charge is -2.24. The Labute approximate surface area is 92.2 Å². The Morgan fingerprint density at radius 3 is 2.33 bits per heavy atom. The summed E-state index contributed by atoms with van der Waals surface area (Å²) in [6.45, 7) is 8.52. The van der Waals surface area contributed by atoms with E-state index in [-0.39, 0.29) is 17.2 Å². The van der Waals surface area contributed by atoms with Crippen molar-refractivity contribution in [3.05, 3.63) is 0 Å². The minimum atomic E-state index is -0.512. The van der Waals surface area contributed by atoms with Gasteiger partial charge in [0.15, 0.2) is 0 Å². The molecule has 0 aromatic rings. The van der Waals surface area contributed by atoms with Crippen LogP contribution in [0.1, 0.15) is 34.1 Å². The van der Waals surface area contributed by atoms with Crippen LogP contribution in [0.4, 0.5) is 0 Å². The average Bonchev–Trinajstić information content (AvgIpc) is 2.08. The second-order valence-corrected chi connectivity index (χ2v) is 5.29. The average molecular weight is 216 g/mol. The lowest BCUT2D eigenvalue weighted by atomic mass is 9.84. The SMILES string of the molecule is C[C@@H](O)CNC(=O)C(CN)CC(C)(C)C. The standard InChI is InChI=1S/C11H24N2O2/c1-8(14)7-13-10(15)9(6-12)5-11(2,3)4/h8-9,14H,5-7,12H2,1-4H3,(H,13,15)/t8-,9?/m1/s1. The third-order valence-corrected chi connectivity index (χ3v) is 2.09. The van der Waals surface area contributed by atoms with E-state index in [9.17, 15) is 4.79 Å². The summed E-state index contributed by atoms with van der Waals surface area (Å²) in [6, 6.07) is 0. The fraction of sp³-hybridized carbons (Fsp3) is 0.909. The minimum Gasteiger partial charge on any atom is -0.392 e. The summed E-state index contributed by atoms with van der Waals surface area (Å²) in [5.41, 5.74) is 5.65. The van der Waals surface area contributed by atoms with Gasteiger partial charge in [-0.15, -0.1) is 0 Å². The van der Waals surface area contributed by atoms with E-state index in [1.54, 1.807) is 6.92 Å². The van der Waals surface area contributed by atoms with E-state index in [0.29, 0.717) is 13.1 Å². The van der Waals surface area contributed by atoms with Crippen LogP contribution < -0.4 is 11.1 Å². The zero-order valence-corrected chi connectivity index (χ0v) is 10.2. The Hall–Kier alpha value is -0.610. The summed E-state index contributed by atoms with van der Waals surface area (Å²) in [4.78, 5) is 11.7. The lowest BCUT2D eigenvalue weighted by molar-refractivity contribution is -0.126. The Balaban J connectivity index is 4.11. The van der Waals surface area contributed by atoms with Crippen molar-refractivity contribution in [2.24, 2.45) is 17.1 Å². The van der Waals surface area contributed by atoms with E-state index in [1.165, 1.54) is 0 Å². The molecule has 4 heteroatoms. The molecule has 2 atom stereocenters. The number of rotatable bonds is 5. The van der Waals surface area contributed by atoms with E-state index < -0.39 is 6.10 Å². The molecule has 90 valence electrons. The van der Waals surface area contributed by atoms with Gasteiger partial charge < -0.3 is 16.2 Å². The molecule has 0 heterocycles. The van der Waals surface area contributed by atoms with Crippen molar-refractivity contribution in [2.75, 3.05) is 13.1 Å². The van der Waals surface area contributed by atoms with Gasteiger partial charge in [0.25, 0.3) is 0 Å². The van der Waals surface area contributed by atoms with Crippen molar-refractivity contribution in [1.29, 1.82) is 0 Å². The molecule has 0 spiro atoms. The highest BCUT2D eigenvalue weighted by molar-refractivity contribution is 5.78. The van der Waals surface area contributed by atoms with Gasteiger partial charge >= 0.3 is 0 Å². The van der Waals surface area contributed by atoms with Gasteiger partial charge in [0.05, 0.1) is 12.0 Å². The van der Waals surface area contributed by atoms with Crippen LogP contribution in [0.3, 0.4) is 0 Å². The molecule has 15 heavy (non-hydrogen) atoms. The van der Waals surface area contributed by atoms with E-state index in [0.717, 1.165) is 6.42 Å². The smallest absolute Gasteiger partial charge is 0.224 e. The van der Waals surface area contributed by atoms with Gasteiger partial charge in [0, 0.05) is 13.1 Å². The highest BCUT2D eigenvalue weighted by atomic mass is 16.3. The molecule has 0 fully saturated rings. The molecule has 4 N–H and O–H groups in total. The zero-order chi connectivity index (χ0) is 12.1. The zero-order valence-electron chi connectivity index (χ0n) is 10.2. The number of hydrogen-bond donors (Lipinski definition) is 3. The van der Waals surface area contributed by atoms with Gasteiger partial charge in [-0.2, -0.15) is 0 Å². The molecule has 1 amide bonds. The van der Waals surface area contributed by atoms with Crippen molar-refractivity contribution in [3.63, 3.8) is 0 Å². The Morgan fingerprint density at radius 2 is 2.00 bits per heavy atom. The second kappa shape index (κ2) is 6.08. The Kier molecular flexibility index (Phi) is 5.83. The van der Waals surface area contributed by atoms with E-state index in [4.69, 9.17) is 10.8 Å². The molecule has 1 unspecified atom stereocenters. The third kappa shape index (κ3) is 7.33. The van der Waals surface area contributed by atoms with Crippen molar-refractivity contribution in [2.45, 2.75) is 40.2 Å². The maximum Gasteiger partial charge on any atom is 0.224 e. The number of aliphatic hydroxyl groups is 1. The first-order chi connectivity index (χ1) is 6.76. The molecule has 0 bridgehead atoms. The van der Waals surface area contributed by atoms with E-state index >= 15 is 0 Å². The molecule has 0 rings (SSSR count). The molecule has 0 aliphatic rings. The van der Waals surface area contributed by atoms with E-state index in [2.05, 4.69) is 26.1 Å². The highest BCUT2D eigenvalue weighted by Crippen LogP contribution is 2.23. The summed E-state index contributed by atoms with van der Waals surface area (Å²) in [5.74, 6) is -0.225. The highest BCUT2D eigenvalue weighted by Gasteiger charge is 2.23. The minimum absolute atomic E-state index is 0.0617. The molecular weight excluding hydrogens is 192 g/mol. The van der Waals surface area contributed by atoms with Gasteiger partial charge in [-0.1, -0.05) is 20.8 Å². The second-order valence-electron chi connectivity index (χ2n) is 5.29. The van der Waals surface area contributed by atoms with Gasteiger partial charge in [-0.25, -0.2) is 0 Å². The van der Waals surface area contributed by atoms with Gasteiger partial charge in [0.2, 0.25) is 5.91 Å². The normalized spacial score (nSPS) is 15.9. The van der Waals surface area contributed by atoms with Crippen LogP contribution in [-0.2, 0) is 4.79 Å². The monoisotopic (exact) mass is 216 g/mol. The van der Waals surface area contributed by atoms with Crippen molar-refractivity contribution < 1.29 is 9.90 Å². The molecule has 4 nitrogen and oxygen atoms in total. The summed E-state index contributed by atoms with van der Waals surface area (Å²) >= 11 is 0. The number of hydrogen-bond acceptors (Lipinski definition) is 3. The topological polar surface area (TPSA) is 75.3 Å². The van der Waals surface area contributed by atoms with Crippen LogP contribution in [0.15, 0.2) is 0 Å². The Bertz CT molecular complexity index is 197. The quantitative estimate of drug-likeness (QED) is 0.626. The summed E-state index contributed by atoms with van der Waals surface area (Å²) in [5, 5.41) is 11.7. The molecule has 0 aliphatic carbocycles. The number of nitrogens with two attached hydrogens (primary N) is 1. The van der Waals surface area contributed by atoms with Crippen molar-refractivity contribution in [3.8, 4) is 0 Å². The number of carbonyl (C=O) groups is 1. The first-order valence-corrected chi connectivity index (χ1v) is 5.42. The fourth-order valence-corrected chi connectivity index (χ4v) is 1.41. The molecule has 0 saturated carbocycles. The molecule has 0 aromatic heterocycles. The van der Waals surface area contributed by atoms with Crippen molar-refractivity contribution in [1.82, 2.24) is 5.32 Å².